The minimum Gasteiger partial charge on any atom is -0.491 e. The standard InChI is InChI=1S/C16H25N3O2/c1-12(2)14-7-5-9-19(14)10-11-21-15-8-4-3-6-13(15)16(20)18-17/h3-4,6,8,12,14H,5,7,9-11,17H2,1-2H3,(H,18,20). The largest absolute Gasteiger partial charge is 0.491 e. The number of hydrogen-bond donors (Lipinski definition) is 2. The van der Waals surface area contributed by atoms with E-state index in [1.807, 2.05) is 6.07 Å². The van der Waals surface area contributed by atoms with Gasteiger partial charge in [0, 0.05) is 12.6 Å². The molecule has 0 bridgehead atoms. The van der Waals surface area contributed by atoms with E-state index in [4.69, 9.17) is 10.6 Å². The molecule has 1 aliphatic heterocycles. The summed E-state index contributed by atoms with van der Waals surface area (Å²) in [5, 5.41) is 0. The van der Waals surface area contributed by atoms with E-state index >= 15 is 0 Å². The molecule has 1 aromatic rings. The fraction of sp³-hybridized carbons (Fsp3) is 0.562. The van der Waals surface area contributed by atoms with Gasteiger partial charge in [-0.3, -0.25) is 15.1 Å². The monoisotopic (exact) mass is 291 g/mol. The number of nitrogens with two attached hydrogens (primary N) is 1. The molecule has 0 aliphatic carbocycles. The van der Waals surface area contributed by atoms with Crippen molar-refractivity contribution in [1.82, 2.24) is 10.3 Å². The minimum atomic E-state index is -0.327. The van der Waals surface area contributed by atoms with E-state index in [0.29, 0.717) is 29.9 Å². The molecule has 0 radical (unpaired) electrons. The van der Waals surface area contributed by atoms with Crippen molar-refractivity contribution in [1.29, 1.82) is 0 Å². The second kappa shape index (κ2) is 7.43. The number of nitrogen functional groups attached to an aromatic ring is 1. The Kier molecular flexibility index (Phi) is 5.59. The van der Waals surface area contributed by atoms with Crippen molar-refractivity contribution >= 4 is 5.91 Å². The first kappa shape index (κ1) is 15.8. The predicted molar refractivity (Wildman–Crippen MR) is 83.0 cm³/mol. The maximum atomic E-state index is 11.7. The lowest BCUT2D eigenvalue weighted by Gasteiger charge is -2.27. The lowest BCUT2D eigenvalue weighted by Crippen LogP contribution is -2.36. The van der Waals surface area contributed by atoms with Gasteiger partial charge in [0.25, 0.3) is 5.91 Å². The van der Waals surface area contributed by atoms with Crippen LogP contribution in [0.25, 0.3) is 0 Å². The summed E-state index contributed by atoms with van der Waals surface area (Å²) in [6.45, 7) is 7.14. The molecule has 2 rings (SSSR count). The molecule has 5 nitrogen and oxygen atoms in total. The van der Waals surface area contributed by atoms with Crippen LogP contribution in [0.3, 0.4) is 0 Å². The molecule has 5 heteroatoms. The predicted octanol–water partition coefficient (Wildman–Crippen LogP) is 1.79. The number of carbonyl (C=O) groups is 1. The normalized spacial score (nSPS) is 19.0. The molecular weight excluding hydrogens is 266 g/mol. The summed E-state index contributed by atoms with van der Waals surface area (Å²) >= 11 is 0. The highest BCUT2D eigenvalue weighted by Crippen LogP contribution is 2.23. The van der Waals surface area contributed by atoms with Crippen molar-refractivity contribution in [3.05, 3.63) is 29.8 Å². The van der Waals surface area contributed by atoms with Gasteiger partial charge in [-0.25, -0.2) is 5.84 Å². The Bertz CT molecular complexity index is 476. The van der Waals surface area contributed by atoms with Gasteiger partial charge in [0.2, 0.25) is 0 Å². The van der Waals surface area contributed by atoms with Gasteiger partial charge in [0.05, 0.1) is 5.56 Å². The summed E-state index contributed by atoms with van der Waals surface area (Å²) in [5.41, 5.74) is 2.62. The van der Waals surface area contributed by atoms with Crippen LogP contribution in [0, 0.1) is 5.92 Å². The van der Waals surface area contributed by atoms with Crippen molar-refractivity contribution in [3.8, 4) is 5.75 Å². The van der Waals surface area contributed by atoms with E-state index in [9.17, 15) is 4.79 Å². The maximum absolute atomic E-state index is 11.7. The molecule has 3 N–H and O–H groups in total. The molecule has 0 spiro atoms. The van der Waals surface area contributed by atoms with Gasteiger partial charge in [-0.05, 0) is 37.4 Å². The molecule has 1 saturated heterocycles. The van der Waals surface area contributed by atoms with E-state index in [0.717, 1.165) is 13.1 Å². The van der Waals surface area contributed by atoms with Crippen LogP contribution in [0.1, 0.15) is 37.0 Å². The van der Waals surface area contributed by atoms with Gasteiger partial charge in [0.15, 0.2) is 0 Å². The molecular formula is C16H25N3O2. The van der Waals surface area contributed by atoms with Gasteiger partial charge < -0.3 is 4.74 Å². The van der Waals surface area contributed by atoms with E-state index < -0.39 is 0 Å². The Hall–Kier alpha value is -1.59. The van der Waals surface area contributed by atoms with Gasteiger partial charge in [-0.2, -0.15) is 0 Å². The van der Waals surface area contributed by atoms with Crippen molar-refractivity contribution in [2.75, 3.05) is 19.7 Å². The molecule has 0 saturated carbocycles. The summed E-state index contributed by atoms with van der Waals surface area (Å²) in [6.07, 6.45) is 2.53. The number of rotatable bonds is 6. The molecule has 1 aliphatic rings. The Morgan fingerprint density at radius 2 is 2.24 bits per heavy atom. The third-order valence-electron chi connectivity index (χ3n) is 4.08. The smallest absolute Gasteiger partial charge is 0.268 e. The first-order chi connectivity index (χ1) is 10.1. The minimum absolute atomic E-state index is 0.327. The van der Waals surface area contributed by atoms with Crippen molar-refractivity contribution in [2.45, 2.75) is 32.7 Å². The van der Waals surface area contributed by atoms with Gasteiger partial charge in [-0.15, -0.1) is 0 Å². The number of para-hydroxylation sites is 1. The quantitative estimate of drug-likeness (QED) is 0.476. The number of hydrazine groups is 1. The highest BCUT2D eigenvalue weighted by molar-refractivity contribution is 5.96. The van der Waals surface area contributed by atoms with E-state index in [1.165, 1.54) is 12.8 Å². The zero-order valence-electron chi connectivity index (χ0n) is 12.8. The number of amides is 1. The topological polar surface area (TPSA) is 67.6 Å². The third kappa shape index (κ3) is 3.95. The number of nitrogens with zero attached hydrogens (tertiary/aromatic N) is 1. The van der Waals surface area contributed by atoms with Crippen LogP contribution < -0.4 is 16.0 Å². The molecule has 1 heterocycles. The van der Waals surface area contributed by atoms with E-state index in [1.54, 1.807) is 18.2 Å². The molecule has 1 atom stereocenters. The maximum Gasteiger partial charge on any atom is 0.268 e. The summed E-state index contributed by atoms with van der Waals surface area (Å²) in [4.78, 5) is 14.2. The lowest BCUT2D eigenvalue weighted by molar-refractivity contribution is 0.0948. The number of ether oxygens (including phenoxy) is 1. The fourth-order valence-corrected chi connectivity index (χ4v) is 3.02. The Labute approximate surface area is 126 Å². The molecule has 21 heavy (non-hydrogen) atoms. The van der Waals surface area contributed by atoms with Gasteiger partial charge >= 0.3 is 0 Å². The zero-order valence-corrected chi connectivity index (χ0v) is 12.8. The number of carbonyl (C=O) groups excluding carboxylic acids is 1. The van der Waals surface area contributed by atoms with Crippen LogP contribution in [0.5, 0.6) is 5.75 Å². The van der Waals surface area contributed by atoms with E-state index in [-0.39, 0.29) is 5.91 Å². The summed E-state index contributed by atoms with van der Waals surface area (Å²) in [6, 6.07) is 7.82. The highest BCUT2D eigenvalue weighted by atomic mass is 16.5. The molecule has 0 aromatic heterocycles. The highest BCUT2D eigenvalue weighted by Gasteiger charge is 2.26. The Balaban J connectivity index is 1.90. The van der Waals surface area contributed by atoms with Crippen LogP contribution in [0.2, 0.25) is 0 Å². The molecule has 1 unspecified atom stereocenters. The molecule has 1 aromatic carbocycles. The average molecular weight is 291 g/mol. The zero-order chi connectivity index (χ0) is 15.2. The first-order valence-electron chi connectivity index (χ1n) is 7.60. The summed E-state index contributed by atoms with van der Waals surface area (Å²) < 4.78 is 5.79. The number of hydrogen-bond acceptors (Lipinski definition) is 4. The number of benzene rings is 1. The van der Waals surface area contributed by atoms with Gasteiger partial charge in [0.1, 0.15) is 12.4 Å². The first-order valence-corrected chi connectivity index (χ1v) is 7.60. The fourth-order valence-electron chi connectivity index (χ4n) is 3.02. The number of likely N-dealkylation sites (tertiary alicyclic amines) is 1. The van der Waals surface area contributed by atoms with Crippen molar-refractivity contribution in [2.24, 2.45) is 11.8 Å². The van der Waals surface area contributed by atoms with E-state index in [2.05, 4.69) is 24.2 Å². The van der Waals surface area contributed by atoms with Gasteiger partial charge in [-0.1, -0.05) is 26.0 Å². The second-order valence-corrected chi connectivity index (χ2v) is 5.81. The lowest BCUT2D eigenvalue weighted by atomic mass is 10.0. The second-order valence-electron chi connectivity index (χ2n) is 5.81. The molecule has 1 amide bonds. The van der Waals surface area contributed by atoms with Crippen LogP contribution in [-0.4, -0.2) is 36.5 Å². The van der Waals surface area contributed by atoms with Crippen LogP contribution in [-0.2, 0) is 0 Å². The number of nitrogens with one attached hydrogen (secondary N) is 1. The summed E-state index contributed by atoms with van der Waals surface area (Å²) in [7, 11) is 0. The third-order valence-corrected chi connectivity index (χ3v) is 4.08. The molecule has 1 fully saturated rings. The summed E-state index contributed by atoms with van der Waals surface area (Å²) in [5.74, 6) is 6.12. The Morgan fingerprint density at radius 3 is 2.95 bits per heavy atom. The molecule has 116 valence electrons. The van der Waals surface area contributed by atoms with Crippen LogP contribution >= 0.6 is 0 Å². The van der Waals surface area contributed by atoms with Crippen molar-refractivity contribution in [3.63, 3.8) is 0 Å². The SMILES string of the molecule is CC(C)C1CCCN1CCOc1ccccc1C(=O)NN. The average Bonchev–Trinajstić information content (AvgIpc) is 2.95. The van der Waals surface area contributed by atoms with Crippen LogP contribution in [0.4, 0.5) is 0 Å². The Morgan fingerprint density at radius 1 is 1.48 bits per heavy atom. The van der Waals surface area contributed by atoms with Crippen LogP contribution in [0.15, 0.2) is 24.3 Å². The van der Waals surface area contributed by atoms with Crippen molar-refractivity contribution < 1.29 is 9.53 Å².